The zero-order valence-corrected chi connectivity index (χ0v) is 11.2. The first-order chi connectivity index (χ1) is 9.74. The maximum absolute atomic E-state index is 13.9. The maximum Gasteiger partial charge on any atom is 0.145 e. The van der Waals surface area contributed by atoms with Crippen LogP contribution in [0.4, 0.5) is 10.1 Å². The van der Waals surface area contributed by atoms with Crippen LogP contribution in [-0.2, 0) is 17.9 Å². The largest absolute Gasteiger partial charge is 0.381 e. The number of ether oxygens (including phenoxy) is 1. The fourth-order valence-electron chi connectivity index (χ4n) is 1.94. The van der Waals surface area contributed by atoms with Gasteiger partial charge in [0.05, 0.1) is 12.2 Å². The van der Waals surface area contributed by atoms with Gasteiger partial charge >= 0.3 is 0 Å². The number of nitrogens with zero attached hydrogens (tertiary/aromatic N) is 1. The first kappa shape index (κ1) is 14.0. The molecule has 0 aliphatic heterocycles. The molecule has 0 spiro atoms. The summed E-state index contributed by atoms with van der Waals surface area (Å²) in [5, 5.41) is 11.9. The highest BCUT2D eigenvalue weighted by Gasteiger charge is 2.07. The lowest BCUT2D eigenvalue weighted by Crippen LogP contribution is -2.03. The van der Waals surface area contributed by atoms with E-state index < -0.39 is 5.82 Å². The van der Waals surface area contributed by atoms with Crippen molar-refractivity contribution in [1.29, 1.82) is 5.26 Å². The van der Waals surface area contributed by atoms with E-state index in [0.717, 1.165) is 11.3 Å². The van der Waals surface area contributed by atoms with Gasteiger partial charge in [-0.3, -0.25) is 0 Å². The summed E-state index contributed by atoms with van der Waals surface area (Å²) >= 11 is 0. The molecule has 3 nitrogen and oxygen atoms in total. The zero-order valence-electron chi connectivity index (χ0n) is 11.2. The molecule has 0 aliphatic carbocycles. The number of halogens is 1. The van der Waals surface area contributed by atoms with E-state index >= 15 is 0 Å². The van der Waals surface area contributed by atoms with Crippen LogP contribution in [0.5, 0.6) is 0 Å². The molecule has 2 rings (SSSR count). The molecule has 20 heavy (non-hydrogen) atoms. The molecule has 0 fully saturated rings. The fourth-order valence-corrected chi connectivity index (χ4v) is 1.94. The molecule has 0 unspecified atom stereocenters. The van der Waals surface area contributed by atoms with Gasteiger partial charge in [-0.1, -0.05) is 24.3 Å². The molecule has 0 heterocycles. The number of hydrogen-bond donors (Lipinski definition) is 1. The molecular formula is C16H15FN2O. The summed E-state index contributed by atoms with van der Waals surface area (Å²) in [5.74, 6) is -0.462. The molecule has 0 aromatic heterocycles. The van der Waals surface area contributed by atoms with E-state index in [2.05, 4.69) is 5.32 Å². The van der Waals surface area contributed by atoms with E-state index in [1.807, 2.05) is 30.3 Å². The molecule has 1 N–H and O–H groups in total. The summed E-state index contributed by atoms with van der Waals surface area (Å²) in [6, 6.07) is 14.4. The summed E-state index contributed by atoms with van der Waals surface area (Å²) in [6.07, 6.45) is 0. The van der Waals surface area contributed by atoms with Gasteiger partial charge < -0.3 is 10.1 Å². The normalized spacial score (nSPS) is 10.1. The Balaban J connectivity index is 2.09. The van der Waals surface area contributed by atoms with Crippen LogP contribution >= 0.6 is 0 Å². The van der Waals surface area contributed by atoms with Crippen LogP contribution < -0.4 is 5.32 Å². The van der Waals surface area contributed by atoms with Crippen LogP contribution in [-0.4, -0.2) is 7.11 Å². The van der Waals surface area contributed by atoms with E-state index in [9.17, 15) is 4.39 Å². The quantitative estimate of drug-likeness (QED) is 0.905. The maximum atomic E-state index is 13.9. The topological polar surface area (TPSA) is 45.0 Å². The molecule has 2 aromatic rings. The molecule has 0 amide bonds. The van der Waals surface area contributed by atoms with Crippen molar-refractivity contribution in [2.24, 2.45) is 0 Å². The van der Waals surface area contributed by atoms with E-state index in [0.29, 0.717) is 18.7 Å². The number of benzene rings is 2. The second kappa shape index (κ2) is 6.69. The van der Waals surface area contributed by atoms with Gasteiger partial charge in [0.15, 0.2) is 0 Å². The predicted octanol–water partition coefficient (Wildman–Crippen LogP) is 3.46. The molecule has 0 saturated heterocycles. The summed E-state index contributed by atoms with van der Waals surface area (Å²) in [6.45, 7) is 0.867. The molecule has 0 aliphatic rings. The van der Waals surface area contributed by atoms with Gasteiger partial charge in [-0.05, 0) is 23.8 Å². The lowest BCUT2D eigenvalue weighted by atomic mass is 10.1. The second-order valence-corrected chi connectivity index (χ2v) is 4.38. The van der Waals surface area contributed by atoms with Crippen LogP contribution in [0, 0.1) is 17.1 Å². The van der Waals surface area contributed by atoms with Gasteiger partial charge in [0.1, 0.15) is 11.9 Å². The minimum atomic E-state index is -0.462. The van der Waals surface area contributed by atoms with Gasteiger partial charge in [-0.25, -0.2) is 4.39 Å². The number of hydrogen-bond acceptors (Lipinski definition) is 3. The third-order valence-electron chi connectivity index (χ3n) is 2.92. The molecule has 0 saturated carbocycles. The van der Waals surface area contributed by atoms with E-state index in [4.69, 9.17) is 10.00 Å². The second-order valence-electron chi connectivity index (χ2n) is 4.38. The average Bonchev–Trinajstić information content (AvgIpc) is 2.47. The SMILES string of the molecule is COCc1cccc(NCc2cccc(C#N)c2F)c1. The highest BCUT2D eigenvalue weighted by atomic mass is 19.1. The number of nitriles is 1. The zero-order chi connectivity index (χ0) is 14.4. The third kappa shape index (κ3) is 3.34. The number of nitrogens with one attached hydrogen (secondary N) is 1. The van der Waals surface area contributed by atoms with Crippen LogP contribution in [0.3, 0.4) is 0 Å². The third-order valence-corrected chi connectivity index (χ3v) is 2.92. The highest BCUT2D eigenvalue weighted by molar-refractivity contribution is 5.46. The van der Waals surface area contributed by atoms with Crippen molar-refractivity contribution in [3.05, 3.63) is 65.0 Å². The van der Waals surface area contributed by atoms with Crippen molar-refractivity contribution in [3.63, 3.8) is 0 Å². The van der Waals surface area contributed by atoms with Crippen LogP contribution in [0.1, 0.15) is 16.7 Å². The Morgan fingerprint density at radius 1 is 1.25 bits per heavy atom. The van der Waals surface area contributed by atoms with Gasteiger partial charge in [0.2, 0.25) is 0 Å². The predicted molar refractivity (Wildman–Crippen MR) is 75.6 cm³/mol. The lowest BCUT2D eigenvalue weighted by Gasteiger charge is -2.09. The van der Waals surface area contributed by atoms with Crippen molar-refractivity contribution in [2.45, 2.75) is 13.2 Å². The van der Waals surface area contributed by atoms with Gasteiger partial charge in [-0.2, -0.15) is 5.26 Å². The number of methoxy groups -OCH3 is 1. The first-order valence-corrected chi connectivity index (χ1v) is 6.24. The van der Waals surface area contributed by atoms with Crippen LogP contribution in [0.15, 0.2) is 42.5 Å². The van der Waals surface area contributed by atoms with Crippen molar-refractivity contribution in [2.75, 3.05) is 12.4 Å². The molecule has 0 bridgehead atoms. The molecule has 2 aromatic carbocycles. The van der Waals surface area contributed by atoms with Crippen molar-refractivity contribution in [1.82, 2.24) is 0 Å². The molecule has 0 radical (unpaired) electrons. The molecular weight excluding hydrogens is 255 g/mol. The molecule has 0 atom stereocenters. The smallest absolute Gasteiger partial charge is 0.145 e. The Morgan fingerprint density at radius 2 is 2.05 bits per heavy atom. The first-order valence-electron chi connectivity index (χ1n) is 6.24. The Bertz CT molecular complexity index is 635. The van der Waals surface area contributed by atoms with Crippen molar-refractivity contribution >= 4 is 5.69 Å². The minimum absolute atomic E-state index is 0.0671. The van der Waals surface area contributed by atoms with E-state index in [1.54, 1.807) is 19.2 Å². The molecule has 102 valence electrons. The minimum Gasteiger partial charge on any atom is -0.381 e. The number of rotatable bonds is 5. The van der Waals surface area contributed by atoms with Crippen LogP contribution in [0.25, 0.3) is 0 Å². The summed E-state index contributed by atoms with van der Waals surface area (Å²) < 4.78 is 19.0. The van der Waals surface area contributed by atoms with E-state index in [-0.39, 0.29) is 5.56 Å². The Labute approximate surface area is 117 Å². The van der Waals surface area contributed by atoms with Crippen molar-refractivity contribution < 1.29 is 9.13 Å². The van der Waals surface area contributed by atoms with Gasteiger partial charge in [-0.15, -0.1) is 0 Å². The van der Waals surface area contributed by atoms with Crippen molar-refractivity contribution in [3.8, 4) is 6.07 Å². The molecule has 4 heteroatoms. The van der Waals surface area contributed by atoms with Crippen LogP contribution in [0.2, 0.25) is 0 Å². The Morgan fingerprint density at radius 3 is 2.80 bits per heavy atom. The fraction of sp³-hybridized carbons (Fsp3) is 0.188. The Hall–Kier alpha value is -2.38. The monoisotopic (exact) mass is 270 g/mol. The lowest BCUT2D eigenvalue weighted by molar-refractivity contribution is 0.185. The summed E-state index contributed by atoms with van der Waals surface area (Å²) in [5.41, 5.74) is 2.48. The van der Waals surface area contributed by atoms with Gasteiger partial charge in [0.25, 0.3) is 0 Å². The average molecular weight is 270 g/mol. The standard InChI is InChI=1S/C16H15FN2O/c1-20-11-12-4-2-7-15(8-12)19-10-14-6-3-5-13(9-18)16(14)17/h2-8,19H,10-11H2,1H3. The summed E-state index contributed by atoms with van der Waals surface area (Å²) in [7, 11) is 1.64. The Kier molecular flexibility index (Phi) is 4.70. The number of anilines is 1. The summed E-state index contributed by atoms with van der Waals surface area (Å²) in [4.78, 5) is 0. The van der Waals surface area contributed by atoms with E-state index in [1.165, 1.54) is 6.07 Å². The highest BCUT2D eigenvalue weighted by Crippen LogP contribution is 2.16. The van der Waals surface area contributed by atoms with Gasteiger partial charge in [0, 0.05) is 24.9 Å².